The monoisotopic (exact) mass is 716 g/mol. The number of hydrogen-bond donors (Lipinski definition) is 11. The standard InChI is InChI=1S/2C8H6O4.C6H10O4.C6H14O3.C5H12O2/c9-7(10)5-1-2-6(4-3-5)8(11)12;9-7(10)5-2-1-3-6(4-5)8(11)12;7-5(8)3-1-2-4-6(9)10;1-2-6(3-7,4-8)5-9;1-5(2,3-6)4-7/h2*1-4H,(H,9,10)(H,11,12);1-4H2,(H,7,8)(H,9,10);7-9H,2-5H2,1H3;6-7H,3-4H2,1-2H3. The molecule has 0 saturated heterocycles. The van der Waals surface area contributed by atoms with E-state index in [0.29, 0.717) is 19.3 Å². The normalized spacial score (nSPS) is 10.2. The van der Waals surface area contributed by atoms with E-state index in [9.17, 15) is 28.8 Å². The van der Waals surface area contributed by atoms with Gasteiger partial charge in [-0.1, -0.05) is 26.8 Å². The van der Waals surface area contributed by atoms with Gasteiger partial charge in [-0.3, -0.25) is 9.59 Å². The smallest absolute Gasteiger partial charge is 0.335 e. The van der Waals surface area contributed by atoms with Crippen LogP contribution in [0.3, 0.4) is 0 Å². The molecule has 50 heavy (non-hydrogen) atoms. The lowest BCUT2D eigenvalue weighted by Crippen LogP contribution is -2.32. The minimum Gasteiger partial charge on any atom is -0.481 e. The van der Waals surface area contributed by atoms with Crippen LogP contribution >= 0.6 is 0 Å². The maximum Gasteiger partial charge on any atom is 0.335 e. The summed E-state index contributed by atoms with van der Waals surface area (Å²) in [4.78, 5) is 61.2. The summed E-state index contributed by atoms with van der Waals surface area (Å²) < 4.78 is 0. The van der Waals surface area contributed by atoms with E-state index in [0.717, 1.165) is 6.07 Å². The number of aromatic carboxylic acids is 4. The first kappa shape index (κ1) is 49.4. The van der Waals surface area contributed by atoms with Crippen molar-refractivity contribution in [2.45, 2.75) is 52.9 Å². The molecular formula is C33H48O17. The molecule has 0 aliphatic carbocycles. The fourth-order valence-electron chi connectivity index (χ4n) is 2.63. The molecule has 0 heterocycles. The van der Waals surface area contributed by atoms with Crippen LogP contribution in [0.25, 0.3) is 0 Å². The Hall–Kier alpha value is -4.94. The van der Waals surface area contributed by atoms with Crippen LogP contribution in [-0.4, -0.2) is 125 Å². The molecule has 282 valence electrons. The highest BCUT2D eigenvalue weighted by Crippen LogP contribution is 2.18. The molecule has 0 aromatic heterocycles. The molecule has 0 fully saturated rings. The average Bonchev–Trinajstić information content (AvgIpc) is 3.09. The Morgan fingerprint density at radius 1 is 0.500 bits per heavy atom. The number of aliphatic hydroxyl groups is 5. The van der Waals surface area contributed by atoms with Gasteiger partial charge in [0, 0.05) is 23.7 Å². The minimum absolute atomic E-state index is 0.0186. The number of hydrogen-bond acceptors (Lipinski definition) is 11. The second-order valence-corrected chi connectivity index (χ2v) is 11.2. The third-order valence-electron chi connectivity index (χ3n) is 6.38. The molecule has 17 heteroatoms. The van der Waals surface area contributed by atoms with Gasteiger partial charge in [0.1, 0.15) is 0 Å². The van der Waals surface area contributed by atoms with Gasteiger partial charge in [0.25, 0.3) is 0 Å². The Balaban J connectivity index is -0.000000560. The predicted octanol–water partition coefficient (Wildman–Crippen LogP) is 2.24. The van der Waals surface area contributed by atoms with Crippen molar-refractivity contribution in [3.05, 3.63) is 70.8 Å². The van der Waals surface area contributed by atoms with E-state index in [1.807, 2.05) is 6.92 Å². The number of carbonyl (C=O) groups is 6. The molecule has 0 saturated carbocycles. The number of benzene rings is 2. The SMILES string of the molecule is CC(C)(CO)CO.CCC(CO)(CO)CO.O=C(O)CCCCC(=O)O.O=C(O)c1ccc(C(=O)O)cc1.O=C(O)c1cccc(C(=O)O)c1. The number of carboxylic acids is 6. The highest BCUT2D eigenvalue weighted by molar-refractivity contribution is 5.93. The summed E-state index contributed by atoms with van der Waals surface area (Å²) in [5, 5.41) is 93.0. The van der Waals surface area contributed by atoms with Crippen molar-refractivity contribution in [1.82, 2.24) is 0 Å². The lowest BCUT2D eigenvalue weighted by molar-refractivity contribution is -0.139. The molecule has 0 spiro atoms. The van der Waals surface area contributed by atoms with Crippen LogP contribution in [0.5, 0.6) is 0 Å². The maximum atomic E-state index is 10.4. The van der Waals surface area contributed by atoms with E-state index >= 15 is 0 Å². The van der Waals surface area contributed by atoms with Crippen LogP contribution in [-0.2, 0) is 9.59 Å². The van der Waals surface area contributed by atoms with E-state index in [1.54, 1.807) is 13.8 Å². The van der Waals surface area contributed by atoms with Crippen molar-refractivity contribution in [3.63, 3.8) is 0 Å². The Morgan fingerprint density at radius 3 is 0.960 bits per heavy atom. The zero-order chi connectivity index (χ0) is 39.5. The van der Waals surface area contributed by atoms with E-state index < -0.39 is 41.2 Å². The van der Waals surface area contributed by atoms with Crippen molar-refractivity contribution in [2.75, 3.05) is 33.0 Å². The van der Waals surface area contributed by atoms with Crippen molar-refractivity contribution < 1.29 is 84.9 Å². The number of aliphatic hydroxyl groups excluding tert-OH is 5. The van der Waals surface area contributed by atoms with Gasteiger partial charge >= 0.3 is 35.8 Å². The molecule has 0 aliphatic rings. The zero-order valence-electron chi connectivity index (χ0n) is 28.1. The van der Waals surface area contributed by atoms with E-state index in [-0.39, 0.29) is 73.5 Å². The van der Waals surface area contributed by atoms with Gasteiger partial charge in [-0.25, -0.2) is 19.2 Å². The second-order valence-electron chi connectivity index (χ2n) is 11.2. The van der Waals surface area contributed by atoms with Crippen molar-refractivity contribution in [1.29, 1.82) is 0 Å². The highest BCUT2D eigenvalue weighted by Gasteiger charge is 2.25. The molecule has 17 nitrogen and oxygen atoms in total. The Morgan fingerprint density at radius 2 is 0.800 bits per heavy atom. The fraction of sp³-hybridized carbons (Fsp3) is 0.455. The van der Waals surface area contributed by atoms with Crippen molar-refractivity contribution >= 4 is 35.8 Å². The van der Waals surface area contributed by atoms with Crippen molar-refractivity contribution in [2.24, 2.45) is 10.8 Å². The fourth-order valence-corrected chi connectivity index (χ4v) is 2.63. The summed E-state index contributed by atoms with van der Waals surface area (Å²) in [6, 6.07) is 10.2. The highest BCUT2D eigenvalue weighted by atomic mass is 16.4. The summed E-state index contributed by atoms with van der Waals surface area (Å²) in [5.74, 6) is -6.12. The predicted molar refractivity (Wildman–Crippen MR) is 176 cm³/mol. The van der Waals surface area contributed by atoms with Crippen LogP contribution < -0.4 is 0 Å². The first-order chi connectivity index (χ1) is 23.2. The summed E-state index contributed by atoms with van der Waals surface area (Å²) in [6.07, 6.45) is 1.61. The van der Waals surface area contributed by atoms with Crippen LogP contribution in [0, 0.1) is 10.8 Å². The quantitative estimate of drug-likeness (QED) is 0.118. The first-order valence-electron chi connectivity index (χ1n) is 14.8. The van der Waals surface area contributed by atoms with E-state index in [4.69, 9.17) is 56.2 Å². The van der Waals surface area contributed by atoms with Crippen LogP contribution in [0.15, 0.2) is 48.5 Å². The number of unbranched alkanes of at least 4 members (excludes halogenated alkanes) is 1. The summed E-state index contributed by atoms with van der Waals surface area (Å²) in [6.45, 7) is 5.04. The molecule has 0 atom stereocenters. The Bertz CT molecular complexity index is 1210. The summed E-state index contributed by atoms with van der Waals surface area (Å²) in [5.41, 5.74) is -0.843. The molecule has 0 aliphatic heterocycles. The van der Waals surface area contributed by atoms with Crippen molar-refractivity contribution in [3.8, 4) is 0 Å². The third-order valence-corrected chi connectivity index (χ3v) is 6.38. The molecule has 0 radical (unpaired) electrons. The molecular weight excluding hydrogens is 668 g/mol. The van der Waals surface area contributed by atoms with Gasteiger partial charge in [0.2, 0.25) is 0 Å². The van der Waals surface area contributed by atoms with Gasteiger partial charge in [0.15, 0.2) is 0 Å². The molecule has 2 aromatic rings. The van der Waals surface area contributed by atoms with E-state index in [1.165, 1.54) is 42.5 Å². The second kappa shape index (κ2) is 26.9. The maximum absolute atomic E-state index is 10.4. The van der Waals surface area contributed by atoms with Gasteiger partial charge in [-0.15, -0.1) is 0 Å². The number of rotatable bonds is 15. The topological polar surface area (TPSA) is 325 Å². The molecule has 11 N–H and O–H groups in total. The van der Waals surface area contributed by atoms with Crippen LogP contribution in [0.1, 0.15) is 94.3 Å². The van der Waals surface area contributed by atoms with Gasteiger partial charge in [-0.05, 0) is 61.7 Å². The molecule has 0 bridgehead atoms. The van der Waals surface area contributed by atoms with Gasteiger partial charge in [-0.2, -0.15) is 0 Å². The first-order valence-corrected chi connectivity index (χ1v) is 14.8. The summed E-state index contributed by atoms with van der Waals surface area (Å²) >= 11 is 0. The largest absolute Gasteiger partial charge is 0.481 e. The summed E-state index contributed by atoms with van der Waals surface area (Å²) in [7, 11) is 0. The van der Waals surface area contributed by atoms with Crippen LogP contribution in [0.2, 0.25) is 0 Å². The minimum atomic E-state index is -1.13. The zero-order valence-corrected chi connectivity index (χ0v) is 28.1. The number of carboxylic acid groups (broad SMARTS) is 6. The lowest BCUT2D eigenvalue weighted by Gasteiger charge is -2.24. The Labute approximate surface area is 288 Å². The molecule has 0 amide bonds. The lowest BCUT2D eigenvalue weighted by atomic mass is 9.88. The third kappa shape index (κ3) is 24.2. The number of aliphatic carboxylic acids is 2. The Kier molecular flexibility index (Phi) is 26.6. The van der Waals surface area contributed by atoms with Gasteiger partial charge in [0.05, 0.1) is 55.3 Å². The molecule has 2 aromatic carbocycles. The van der Waals surface area contributed by atoms with E-state index in [2.05, 4.69) is 0 Å². The van der Waals surface area contributed by atoms with Gasteiger partial charge < -0.3 is 56.2 Å². The molecule has 0 unspecified atom stereocenters. The van der Waals surface area contributed by atoms with Crippen LogP contribution in [0.4, 0.5) is 0 Å². The average molecular weight is 717 g/mol. The molecule has 2 rings (SSSR count).